The van der Waals surface area contributed by atoms with Crippen LogP contribution in [0, 0.1) is 0 Å². The van der Waals surface area contributed by atoms with Crippen LogP contribution in [0.4, 0.5) is 23.7 Å². The zero-order valence-electron chi connectivity index (χ0n) is 16.1. The Morgan fingerprint density at radius 1 is 1.06 bits per heavy atom. The molecule has 4 rings (SSSR count). The number of sulfonamides is 1. The summed E-state index contributed by atoms with van der Waals surface area (Å²) >= 11 is 3.39. The van der Waals surface area contributed by atoms with Crippen LogP contribution in [0.15, 0.2) is 51.8 Å². The third kappa shape index (κ3) is 4.31. The standard InChI is InChI=1S/C20H18BrF3N2O4S/c21-15-4-5-18-13(10-15)12-30-19(27)26(18)16-6-8-25(9-7-16)31(28,29)17-3-1-2-14(11-17)20(22,23)24/h1-5,10-11,16H,6-9,12H2. The molecule has 0 aliphatic carbocycles. The Morgan fingerprint density at radius 2 is 1.77 bits per heavy atom. The molecule has 0 aromatic heterocycles. The maximum atomic E-state index is 13.0. The molecule has 166 valence electrons. The van der Waals surface area contributed by atoms with E-state index in [9.17, 15) is 26.4 Å². The van der Waals surface area contributed by atoms with Gasteiger partial charge in [0, 0.05) is 29.2 Å². The second kappa shape index (κ2) is 8.10. The highest BCUT2D eigenvalue weighted by Crippen LogP contribution is 2.35. The van der Waals surface area contributed by atoms with Crippen LogP contribution in [0.1, 0.15) is 24.0 Å². The highest BCUT2D eigenvalue weighted by atomic mass is 79.9. The third-order valence-corrected chi connectivity index (χ3v) is 7.82. The molecule has 1 fully saturated rings. The van der Waals surface area contributed by atoms with Crippen molar-refractivity contribution in [2.75, 3.05) is 18.0 Å². The molecular formula is C20H18BrF3N2O4S. The molecular weight excluding hydrogens is 501 g/mol. The first-order chi connectivity index (χ1) is 14.6. The Balaban J connectivity index is 1.52. The van der Waals surface area contributed by atoms with Gasteiger partial charge in [-0.05, 0) is 49.2 Å². The van der Waals surface area contributed by atoms with Crippen LogP contribution in [0.2, 0.25) is 0 Å². The minimum absolute atomic E-state index is 0.0822. The molecule has 0 unspecified atom stereocenters. The molecule has 0 saturated carbocycles. The minimum Gasteiger partial charge on any atom is -0.444 e. The molecule has 2 heterocycles. The number of ether oxygens (including phenoxy) is 1. The summed E-state index contributed by atoms with van der Waals surface area (Å²) < 4.78 is 72.0. The number of carbonyl (C=O) groups is 1. The highest BCUT2D eigenvalue weighted by molar-refractivity contribution is 9.10. The number of halogens is 4. The maximum absolute atomic E-state index is 13.0. The van der Waals surface area contributed by atoms with Gasteiger partial charge in [0.15, 0.2) is 0 Å². The monoisotopic (exact) mass is 518 g/mol. The zero-order chi connectivity index (χ0) is 22.4. The minimum atomic E-state index is -4.63. The molecule has 11 heteroatoms. The van der Waals surface area contributed by atoms with Crippen LogP contribution in [-0.2, 0) is 27.5 Å². The van der Waals surface area contributed by atoms with E-state index in [1.165, 1.54) is 0 Å². The van der Waals surface area contributed by atoms with Crippen LogP contribution < -0.4 is 4.90 Å². The number of rotatable bonds is 3. The van der Waals surface area contributed by atoms with Gasteiger partial charge >= 0.3 is 12.3 Å². The number of fused-ring (bicyclic) bond motifs is 1. The predicted octanol–water partition coefficient (Wildman–Crippen LogP) is 4.78. The first-order valence-electron chi connectivity index (χ1n) is 9.49. The van der Waals surface area contributed by atoms with E-state index in [1.54, 1.807) is 4.90 Å². The maximum Gasteiger partial charge on any atom is 0.416 e. The topological polar surface area (TPSA) is 66.9 Å². The number of hydrogen-bond donors (Lipinski definition) is 0. The Morgan fingerprint density at radius 3 is 2.45 bits per heavy atom. The van der Waals surface area contributed by atoms with Crippen molar-refractivity contribution in [2.45, 2.75) is 36.6 Å². The van der Waals surface area contributed by atoms with Gasteiger partial charge in [0.1, 0.15) is 6.61 Å². The van der Waals surface area contributed by atoms with Crippen molar-refractivity contribution in [3.8, 4) is 0 Å². The van der Waals surface area contributed by atoms with E-state index in [0.29, 0.717) is 18.9 Å². The number of carbonyl (C=O) groups excluding carboxylic acids is 1. The van der Waals surface area contributed by atoms with Crippen LogP contribution in [0.25, 0.3) is 0 Å². The van der Waals surface area contributed by atoms with Gasteiger partial charge in [-0.3, -0.25) is 4.90 Å². The van der Waals surface area contributed by atoms with Gasteiger partial charge in [-0.2, -0.15) is 17.5 Å². The van der Waals surface area contributed by atoms with Crippen molar-refractivity contribution < 1.29 is 31.1 Å². The fourth-order valence-electron chi connectivity index (χ4n) is 3.88. The lowest BCUT2D eigenvalue weighted by Crippen LogP contribution is -2.50. The Labute approximate surface area is 185 Å². The van der Waals surface area contributed by atoms with Crippen LogP contribution in [0.5, 0.6) is 0 Å². The SMILES string of the molecule is O=C1OCc2cc(Br)ccc2N1C1CCN(S(=O)(=O)c2cccc(C(F)(F)F)c2)CC1. The molecule has 0 bridgehead atoms. The molecule has 1 amide bonds. The van der Waals surface area contributed by atoms with Crippen molar-refractivity contribution in [1.29, 1.82) is 0 Å². The summed E-state index contributed by atoms with van der Waals surface area (Å²) in [5.74, 6) is 0. The summed E-state index contributed by atoms with van der Waals surface area (Å²) in [5.41, 5.74) is 0.550. The molecule has 0 N–H and O–H groups in total. The molecule has 2 aliphatic rings. The summed E-state index contributed by atoms with van der Waals surface area (Å²) in [5, 5.41) is 0. The summed E-state index contributed by atoms with van der Waals surface area (Å²) in [4.78, 5) is 13.6. The molecule has 2 aromatic carbocycles. The first-order valence-corrected chi connectivity index (χ1v) is 11.7. The van der Waals surface area contributed by atoms with Crippen LogP contribution in [-0.4, -0.2) is 37.9 Å². The van der Waals surface area contributed by atoms with Gasteiger partial charge in [-0.15, -0.1) is 0 Å². The quantitative estimate of drug-likeness (QED) is 0.586. The fraction of sp³-hybridized carbons (Fsp3) is 0.350. The van der Waals surface area contributed by atoms with E-state index in [-0.39, 0.29) is 25.7 Å². The summed E-state index contributed by atoms with van der Waals surface area (Å²) in [6.07, 6.45) is -4.45. The zero-order valence-corrected chi connectivity index (χ0v) is 18.5. The fourth-order valence-corrected chi connectivity index (χ4v) is 5.81. The van der Waals surface area contributed by atoms with E-state index in [4.69, 9.17) is 4.74 Å². The average Bonchev–Trinajstić information content (AvgIpc) is 2.73. The molecule has 2 aromatic rings. The van der Waals surface area contributed by atoms with Crippen molar-refractivity contribution in [3.05, 3.63) is 58.1 Å². The number of cyclic esters (lactones) is 1. The highest BCUT2D eigenvalue weighted by Gasteiger charge is 2.38. The smallest absolute Gasteiger partial charge is 0.416 e. The molecule has 31 heavy (non-hydrogen) atoms. The second-order valence-corrected chi connectivity index (χ2v) is 10.2. The Hall–Kier alpha value is -2.11. The second-order valence-electron chi connectivity index (χ2n) is 7.36. The molecule has 0 spiro atoms. The number of amides is 1. The normalized spacial score (nSPS) is 18.6. The molecule has 0 radical (unpaired) electrons. The van der Waals surface area contributed by atoms with E-state index in [1.807, 2.05) is 18.2 Å². The molecule has 6 nitrogen and oxygen atoms in total. The third-order valence-electron chi connectivity index (χ3n) is 5.44. The van der Waals surface area contributed by atoms with Gasteiger partial charge in [0.05, 0.1) is 16.1 Å². The van der Waals surface area contributed by atoms with Crippen molar-refractivity contribution >= 4 is 37.7 Å². The number of alkyl halides is 3. The van der Waals surface area contributed by atoms with Crippen molar-refractivity contribution in [3.63, 3.8) is 0 Å². The number of hydrogen-bond acceptors (Lipinski definition) is 4. The summed E-state index contributed by atoms with van der Waals surface area (Å²) in [6.45, 7) is 0.324. The largest absolute Gasteiger partial charge is 0.444 e. The van der Waals surface area contributed by atoms with E-state index >= 15 is 0 Å². The lowest BCUT2D eigenvalue weighted by Gasteiger charge is -2.39. The van der Waals surface area contributed by atoms with E-state index < -0.39 is 32.8 Å². The number of anilines is 1. The van der Waals surface area contributed by atoms with Gasteiger partial charge in [-0.25, -0.2) is 13.2 Å². The van der Waals surface area contributed by atoms with Crippen LogP contribution >= 0.6 is 15.9 Å². The number of nitrogens with zero attached hydrogens (tertiary/aromatic N) is 2. The molecule has 0 atom stereocenters. The van der Waals surface area contributed by atoms with Gasteiger partial charge < -0.3 is 4.74 Å². The lowest BCUT2D eigenvalue weighted by molar-refractivity contribution is -0.137. The molecule has 2 aliphatic heterocycles. The lowest BCUT2D eigenvalue weighted by atomic mass is 10.0. The van der Waals surface area contributed by atoms with Gasteiger partial charge in [0.25, 0.3) is 0 Å². The summed E-state index contributed by atoms with van der Waals surface area (Å²) in [7, 11) is -4.09. The number of benzene rings is 2. The Bertz CT molecular complexity index is 1120. The van der Waals surface area contributed by atoms with Crippen LogP contribution in [0.3, 0.4) is 0 Å². The van der Waals surface area contributed by atoms with Gasteiger partial charge in [-0.1, -0.05) is 22.0 Å². The van der Waals surface area contributed by atoms with Crippen molar-refractivity contribution in [2.24, 2.45) is 0 Å². The van der Waals surface area contributed by atoms with E-state index in [0.717, 1.165) is 38.2 Å². The number of piperidine rings is 1. The van der Waals surface area contributed by atoms with Gasteiger partial charge in [0.2, 0.25) is 10.0 Å². The molecule has 1 saturated heterocycles. The predicted molar refractivity (Wildman–Crippen MR) is 110 cm³/mol. The van der Waals surface area contributed by atoms with E-state index in [2.05, 4.69) is 15.9 Å². The summed E-state index contributed by atoms with van der Waals surface area (Å²) in [6, 6.07) is 8.94. The average molecular weight is 519 g/mol. The first kappa shape index (κ1) is 22.1. The van der Waals surface area contributed by atoms with Crippen molar-refractivity contribution in [1.82, 2.24) is 4.31 Å². The Kier molecular flexibility index (Phi) is 5.78.